The van der Waals surface area contributed by atoms with Gasteiger partial charge in [0, 0.05) is 19.5 Å². The highest BCUT2D eigenvalue weighted by Crippen LogP contribution is 2.09. The van der Waals surface area contributed by atoms with Crippen LogP contribution in [0.1, 0.15) is 38.5 Å². The van der Waals surface area contributed by atoms with Crippen LogP contribution < -0.4 is 0 Å². The molecule has 0 spiro atoms. The first-order chi connectivity index (χ1) is 6.35. The van der Waals surface area contributed by atoms with Crippen molar-refractivity contribution >= 4 is 15.9 Å². The van der Waals surface area contributed by atoms with Gasteiger partial charge in [-0.25, -0.2) is 0 Å². The van der Waals surface area contributed by atoms with Crippen molar-refractivity contribution in [1.82, 2.24) is 0 Å². The van der Waals surface area contributed by atoms with Crippen LogP contribution in [0.4, 0.5) is 0 Å². The molecule has 0 aromatic rings. The predicted molar refractivity (Wildman–Crippen MR) is 59.3 cm³/mol. The third kappa shape index (κ3) is 8.72. The lowest BCUT2D eigenvalue weighted by molar-refractivity contribution is -0.107. The van der Waals surface area contributed by atoms with E-state index >= 15 is 0 Å². The van der Waals surface area contributed by atoms with E-state index in [2.05, 4.69) is 15.9 Å². The van der Waals surface area contributed by atoms with Crippen molar-refractivity contribution in [3.05, 3.63) is 0 Å². The van der Waals surface area contributed by atoms with Gasteiger partial charge in [-0.2, -0.15) is 0 Å². The Labute approximate surface area is 90.1 Å². The van der Waals surface area contributed by atoms with E-state index in [0.29, 0.717) is 0 Å². The molecule has 0 radical (unpaired) electrons. The molecule has 0 rings (SSSR count). The van der Waals surface area contributed by atoms with Gasteiger partial charge in [0.25, 0.3) is 0 Å². The minimum Gasteiger partial charge on any atom is -0.356 e. The molecule has 0 unspecified atom stereocenters. The first-order valence-electron chi connectivity index (χ1n) is 4.96. The van der Waals surface area contributed by atoms with E-state index < -0.39 is 0 Å². The monoisotopic (exact) mass is 252 g/mol. The number of methoxy groups -OCH3 is 2. The number of hydrogen-bond acceptors (Lipinski definition) is 2. The number of halogens is 1. The van der Waals surface area contributed by atoms with Crippen molar-refractivity contribution in [2.75, 3.05) is 19.5 Å². The Morgan fingerprint density at radius 1 is 0.923 bits per heavy atom. The van der Waals surface area contributed by atoms with Crippen LogP contribution in [0.2, 0.25) is 0 Å². The summed E-state index contributed by atoms with van der Waals surface area (Å²) >= 11 is 3.42. The minimum absolute atomic E-state index is 0.00354. The van der Waals surface area contributed by atoms with Crippen molar-refractivity contribution in [2.45, 2.75) is 44.8 Å². The third-order valence-electron chi connectivity index (χ3n) is 2.10. The van der Waals surface area contributed by atoms with Gasteiger partial charge in [0.1, 0.15) is 0 Å². The molecule has 0 aliphatic heterocycles. The zero-order valence-electron chi connectivity index (χ0n) is 8.72. The third-order valence-corrected chi connectivity index (χ3v) is 2.66. The quantitative estimate of drug-likeness (QED) is 0.356. The van der Waals surface area contributed by atoms with E-state index in [1.807, 2.05) is 0 Å². The van der Waals surface area contributed by atoms with Crippen LogP contribution in [0, 0.1) is 0 Å². The molecule has 80 valence electrons. The van der Waals surface area contributed by atoms with Crippen molar-refractivity contribution in [2.24, 2.45) is 0 Å². The number of alkyl halides is 1. The number of rotatable bonds is 9. The van der Waals surface area contributed by atoms with Crippen LogP contribution in [0.25, 0.3) is 0 Å². The topological polar surface area (TPSA) is 18.5 Å². The molecular weight excluding hydrogens is 232 g/mol. The van der Waals surface area contributed by atoms with Gasteiger partial charge in [-0.1, -0.05) is 35.2 Å². The molecule has 0 bridgehead atoms. The smallest absolute Gasteiger partial charge is 0.156 e. The lowest BCUT2D eigenvalue weighted by atomic mass is 10.1. The molecule has 0 amide bonds. The fourth-order valence-electron chi connectivity index (χ4n) is 1.27. The summed E-state index contributed by atoms with van der Waals surface area (Å²) in [6, 6.07) is 0. The van der Waals surface area contributed by atoms with Crippen LogP contribution in [0.3, 0.4) is 0 Å². The number of ether oxygens (including phenoxy) is 2. The molecule has 0 aliphatic rings. The van der Waals surface area contributed by atoms with Crippen LogP contribution >= 0.6 is 15.9 Å². The molecule has 0 fully saturated rings. The molecule has 0 atom stereocenters. The fraction of sp³-hybridized carbons (Fsp3) is 1.00. The van der Waals surface area contributed by atoms with Crippen LogP contribution in [-0.4, -0.2) is 25.8 Å². The van der Waals surface area contributed by atoms with E-state index in [9.17, 15) is 0 Å². The zero-order valence-corrected chi connectivity index (χ0v) is 10.3. The van der Waals surface area contributed by atoms with Crippen molar-refractivity contribution in [3.8, 4) is 0 Å². The first kappa shape index (κ1) is 13.4. The summed E-state index contributed by atoms with van der Waals surface area (Å²) in [7, 11) is 3.39. The van der Waals surface area contributed by atoms with Gasteiger partial charge in [-0.3, -0.25) is 0 Å². The number of unbranched alkanes of at least 4 members (excludes halogenated alkanes) is 4. The lowest BCUT2D eigenvalue weighted by Crippen LogP contribution is -2.12. The van der Waals surface area contributed by atoms with Gasteiger partial charge < -0.3 is 9.47 Å². The molecule has 0 aromatic carbocycles. The van der Waals surface area contributed by atoms with Crippen LogP contribution in [0.5, 0.6) is 0 Å². The molecule has 2 nitrogen and oxygen atoms in total. The number of hydrogen-bond donors (Lipinski definition) is 0. The molecule has 3 heteroatoms. The molecule has 0 saturated carbocycles. The standard InChI is InChI=1S/C10H21BrO2/c1-12-10(13-2)8-6-4-3-5-7-9-11/h10H,3-9H2,1-2H3. The normalized spacial score (nSPS) is 11.1. The first-order valence-corrected chi connectivity index (χ1v) is 6.08. The summed E-state index contributed by atoms with van der Waals surface area (Å²) in [6.45, 7) is 0. The van der Waals surface area contributed by atoms with E-state index in [1.165, 1.54) is 32.1 Å². The van der Waals surface area contributed by atoms with E-state index in [-0.39, 0.29) is 6.29 Å². The minimum atomic E-state index is -0.00354. The Bertz CT molecular complexity index is 94.9. The van der Waals surface area contributed by atoms with Crippen LogP contribution in [0.15, 0.2) is 0 Å². The summed E-state index contributed by atoms with van der Waals surface area (Å²) in [6.07, 6.45) is 7.45. The van der Waals surface area contributed by atoms with Crippen LogP contribution in [-0.2, 0) is 9.47 Å². The van der Waals surface area contributed by atoms with Crippen molar-refractivity contribution in [1.29, 1.82) is 0 Å². The summed E-state index contributed by atoms with van der Waals surface area (Å²) in [5.41, 5.74) is 0. The molecule has 13 heavy (non-hydrogen) atoms. The molecule has 0 N–H and O–H groups in total. The predicted octanol–water partition coefficient (Wildman–Crippen LogP) is 3.34. The van der Waals surface area contributed by atoms with E-state index in [1.54, 1.807) is 14.2 Å². The molecule has 0 aromatic heterocycles. The van der Waals surface area contributed by atoms with Gasteiger partial charge in [-0.15, -0.1) is 0 Å². The average Bonchev–Trinajstić information content (AvgIpc) is 2.17. The molecule has 0 saturated heterocycles. The Balaban J connectivity index is 3.05. The highest BCUT2D eigenvalue weighted by Gasteiger charge is 2.03. The van der Waals surface area contributed by atoms with Gasteiger partial charge in [-0.05, 0) is 19.3 Å². The van der Waals surface area contributed by atoms with Gasteiger partial charge >= 0.3 is 0 Å². The fourth-order valence-corrected chi connectivity index (χ4v) is 1.66. The maximum Gasteiger partial charge on any atom is 0.156 e. The maximum atomic E-state index is 5.10. The Morgan fingerprint density at radius 3 is 2.00 bits per heavy atom. The average molecular weight is 253 g/mol. The molecular formula is C10H21BrO2. The molecule has 0 aliphatic carbocycles. The summed E-state index contributed by atoms with van der Waals surface area (Å²) < 4.78 is 10.2. The second-order valence-electron chi connectivity index (χ2n) is 3.15. The summed E-state index contributed by atoms with van der Waals surface area (Å²) in [4.78, 5) is 0. The van der Waals surface area contributed by atoms with Gasteiger partial charge in [0.15, 0.2) is 6.29 Å². The lowest BCUT2D eigenvalue weighted by Gasteiger charge is -2.12. The summed E-state index contributed by atoms with van der Waals surface area (Å²) in [5, 5.41) is 1.13. The SMILES string of the molecule is COC(CCCCCCCBr)OC. The molecule has 0 heterocycles. The van der Waals surface area contributed by atoms with Gasteiger partial charge in [0.05, 0.1) is 0 Å². The second kappa shape index (κ2) is 10.5. The largest absolute Gasteiger partial charge is 0.356 e. The van der Waals surface area contributed by atoms with E-state index in [0.717, 1.165) is 11.8 Å². The summed E-state index contributed by atoms with van der Waals surface area (Å²) in [5.74, 6) is 0. The van der Waals surface area contributed by atoms with Crippen molar-refractivity contribution in [3.63, 3.8) is 0 Å². The Kier molecular flexibility index (Phi) is 10.8. The Hall–Kier alpha value is 0.400. The second-order valence-corrected chi connectivity index (χ2v) is 3.94. The van der Waals surface area contributed by atoms with E-state index in [4.69, 9.17) is 9.47 Å². The highest BCUT2D eigenvalue weighted by molar-refractivity contribution is 9.09. The Morgan fingerprint density at radius 2 is 1.46 bits per heavy atom. The van der Waals surface area contributed by atoms with Gasteiger partial charge in [0.2, 0.25) is 0 Å². The zero-order chi connectivity index (χ0) is 9.94. The maximum absolute atomic E-state index is 5.10. The highest BCUT2D eigenvalue weighted by atomic mass is 79.9. The van der Waals surface area contributed by atoms with Crippen molar-refractivity contribution < 1.29 is 9.47 Å².